The smallest absolute Gasteiger partial charge is 0.307 e. The molecule has 1 aliphatic rings. The Morgan fingerprint density at radius 1 is 1.47 bits per heavy atom. The molecule has 1 amide bonds. The zero-order chi connectivity index (χ0) is 14.0. The average molecular weight is 262 g/mol. The number of esters is 1. The van der Waals surface area contributed by atoms with Crippen LogP contribution in [-0.4, -0.2) is 38.0 Å². The first-order chi connectivity index (χ1) is 9.01. The number of amides is 1. The van der Waals surface area contributed by atoms with Crippen LogP contribution < -0.4 is 5.32 Å². The summed E-state index contributed by atoms with van der Waals surface area (Å²) in [6.07, 6.45) is 0.700. The van der Waals surface area contributed by atoms with E-state index in [-0.39, 0.29) is 17.9 Å². The van der Waals surface area contributed by atoms with Crippen LogP contribution in [0.1, 0.15) is 23.6 Å². The largest absolute Gasteiger partial charge is 0.469 e. The Labute approximate surface area is 112 Å². The van der Waals surface area contributed by atoms with Gasteiger partial charge in [0.25, 0.3) is 0 Å². The van der Waals surface area contributed by atoms with Crippen molar-refractivity contribution in [1.82, 2.24) is 4.90 Å². The zero-order valence-corrected chi connectivity index (χ0v) is 11.4. The van der Waals surface area contributed by atoms with Gasteiger partial charge in [-0.25, -0.2) is 0 Å². The molecule has 0 bridgehead atoms. The molecule has 1 unspecified atom stereocenters. The number of carbonyl (C=O) groups is 2. The minimum Gasteiger partial charge on any atom is -0.469 e. The first-order valence-corrected chi connectivity index (χ1v) is 6.17. The number of carbonyl (C=O) groups excluding carboxylic acids is 2. The number of hydrogen-bond donors (Lipinski definition) is 1. The Balaban J connectivity index is 2.25. The molecule has 0 aromatic heterocycles. The second-order valence-electron chi connectivity index (χ2n) is 4.90. The van der Waals surface area contributed by atoms with Crippen molar-refractivity contribution in [3.63, 3.8) is 0 Å². The lowest BCUT2D eigenvalue weighted by Crippen LogP contribution is -2.23. The molecule has 5 nitrogen and oxygen atoms in total. The molecule has 1 N–H and O–H groups in total. The van der Waals surface area contributed by atoms with Crippen LogP contribution in [0.25, 0.3) is 0 Å². The van der Waals surface area contributed by atoms with Crippen LogP contribution in [-0.2, 0) is 20.7 Å². The SMILES string of the molecule is COC(=O)CC(c1ccc2c(c1)CC(=O)N2)N(C)C. The lowest BCUT2D eigenvalue weighted by Gasteiger charge is -2.24. The number of ether oxygens (including phenoxy) is 1. The highest BCUT2D eigenvalue weighted by Gasteiger charge is 2.23. The van der Waals surface area contributed by atoms with E-state index in [9.17, 15) is 9.59 Å². The zero-order valence-electron chi connectivity index (χ0n) is 11.4. The van der Waals surface area contributed by atoms with Crippen molar-refractivity contribution in [2.75, 3.05) is 26.5 Å². The van der Waals surface area contributed by atoms with Crippen LogP contribution in [0, 0.1) is 0 Å². The summed E-state index contributed by atoms with van der Waals surface area (Å²) in [7, 11) is 5.23. The number of fused-ring (bicyclic) bond motifs is 1. The molecular weight excluding hydrogens is 244 g/mol. The number of anilines is 1. The molecule has 2 rings (SSSR count). The Kier molecular flexibility index (Phi) is 3.85. The standard InChI is InChI=1S/C14H18N2O3/c1-16(2)12(8-14(18)19-3)9-4-5-11-10(6-9)7-13(17)15-11/h4-6,12H,7-8H2,1-3H3,(H,15,17). The van der Waals surface area contributed by atoms with Gasteiger partial charge in [-0.3, -0.25) is 9.59 Å². The van der Waals surface area contributed by atoms with Crippen molar-refractivity contribution in [1.29, 1.82) is 0 Å². The number of nitrogens with one attached hydrogen (secondary N) is 1. The number of nitrogens with zero attached hydrogens (tertiary/aromatic N) is 1. The molecule has 1 heterocycles. The quantitative estimate of drug-likeness (QED) is 0.832. The molecule has 0 spiro atoms. The Hall–Kier alpha value is -1.88. The van der Waals surface area contributed by atoms with Gasteiger partial charge in [0.15, 0.2) is 0 Å². The molecule has 0 saturated carbocycles. The van der Waals surface area contributed by atoms with E-state index in [2.05, 4.69) is 5.32 Å². The van der Waals surface area contributed by atoms with Crippen molar-refractivity contribution in [2.45, 2.75) is 18.9 Å². The Morgan fingerprint density at radius 2 is 2.21 bits per heavy atom. The van der Waals surface area contributed by atoms with E-state index in [1.54, 1.807) is 0 Å². The molecule has 1 aliphatic heterocycles. The molecule has 102 valence electrons. The molecule has 1 atom stereocenters. The fraction of sp³-hybridized carbons (Fsp3) is 0.429. The topological polar surface area (TPSA) is 58.6 Å². The summed E-state index contributed by atoms with van der Waals surface area (Å²) in [4.78, 5) is 24.8. The molecule has 1 aromatic rings. The van der Waals surface area contributed by atoms with E-state index in [0.717, 1.165) is 16.8 Å². The third-order valence-electron chi connectivity index (χ3n) is 3.35. The minimum atomic E-state index is -0.242. The van der Waals surface area contributed by atoms with Crippen LogP contribution in [0.5, 0.6) is 0 Å². The van der Waals surface area contributed by atoms with Crippen molar-refractivity contribution in [3.8, 4) is 0 Å². The summed E-state index contributed by atoms with van der Waals surface area (Å²) >= 11 is 0. The van der Waals surface area contributed by atoms with Crippen molar-refractivity contribution in [3.05, 3.63) is 29.3 Å². The molecule has 0 radical (unpaired) electrons. The van der Waals surface area contributed by atoms with E-state index >= 15 is 0 Å². The van der Waals surface area contributed by atoms with Crippen LogP contribution in [0.2, 0.25) is 0 Å². The van der Waals surface area contributed by atoms with E-state index in [1.165, 1.54) is 7.11 Å². The summed E-state index contributed by atoms with van der Waals surface area (Å²) < 4.78 is 4.73. The Morgan fingerprint density at radius 3 is 2.84 bits per heavy atom. The molecule has 19 heavy (non-hydrogen) atoms. The predicted octanol–water partition coefficient (Wildman–Crippen LogP) is 1.35. The molecule has 0 aliphatic carbocycles. The van der Waals surface area contributed by atoms with Crippen LogP contribution in [0.15, 0.2) is 18.2 Å². The van der Waals surface area contributed by atoms with Gasteiger partial charge < -0.3 is 15.0 Å². The monoisotopic (exact) mass is 262 g/mol. The molecule has 0 fully saturated rings. The van der Waals surface area contributed by atoms with Gasteiger partial charge in [-0.2, -0.15) is 0 Å². The van der Waals surface area contributed by atoms with E-state index in [4.69, 9.17) is 4.74 Å². The summed E-state index contributed by atoms with van der Waals surface area (Å²) in [6.45, 7) is 0. The third-order valence-corrected chi connectivity index (χ3v) is 3.35. The van der Waals surface area contributed by atoms with Gasteiger partial charge in [-0.05, 0) is 31.3 Å². The normalized spacial score (nSPS) is 15.1. The highest BCUT2D eigenvalue weighted by atomic mass is 16.5. The summed E-state index contributed by atoms with van der Waals surface area (Å²) in [6, 6.07) is 5.77. The van der Waals surface area contributed by atoms with Crippen molar-refractivity contribution < 1.29 is 14.3 Å². The fourth-order valence-corrected chi connectivity index (χ4v) is 2.30. The fourth-order valence-electron chi connectivity index (χ4n) is 2.30. The van der Waals surface area contributed by atoms with Gasteiger partial charge in [0.05, 0.1) is 20.0 Å². The van der Waals surface area contributed by atoms with E-state index in [1.807, 2.05) is 37.2 Å². The maximum absolute atomic E-state index is 11.5. The van der Waals surface area contributed by atoms with Gasteiger partial charge in [-0.15, -0.1) is 0 Å². The molecule has 5 heteroatoms. The highest BCUT2D eigenvalue weighted by Crippen LogP contribution is 2.29. The minimum absolute atomic E-state index is 0.0153. The first kappa shape index (κ1) is 13.5. The van der Waals surface area contributed by atoms with E-state index < -0.39 is 0 Å². The van der Waals surface area contributed by atoms with Crippen molar-refractivity contribution >= 4 is 17.6 Å². The van der Waals surface area contributed by atoms with Crippen LogP contribution >= 0.6 is 0 Å². The third kappa shape index (κ3) is 2.93. The first-order valence-electron chi connectivity index (χ1n) is 6.17. The summed E-state index contributed by atoms with van der Waals surface area (Å²) in [5.74, 6) is -0.227. The average Bonchev–Trinajstić information content (AvgIpc) is 2.74. The van der Waals surface area contributed by atoms with Gasteiger partial charge in [0, 0.05) is 11.7 Å². The predicted molar refractivity (Wildman–Crippen MR) is 71.8 cm³/mol. The van der Waals surface area contributed by atoms with Crippen LogP contribution in [0.4, 0.5) is 5.69 Å². The Bertz CT molecular complexity index is 511. The van der Waals surface area contributed by atoms with E-state index in [0.29, 0.717) is 12.8 Å². The highest BCUT2D eigenvalue weighted by molar-refractivity contribution is 5.99. The van der Waals surface area contributed by atoms with Gasteiger partial charge >= 0.3 is 5.97 Å². The maximum Gasteiger partial charge on any atom is 0.307 e. The van der Waals surface area contributed by atoms with Gasteiger partial charge in [-0.1, -0.05) is 12.1 Å². The maximum atomic E-state index is 11.5. The van der Waals surface area contributed by atoms with Gasteiger partial charge in [0.2, 0.25) is 5.91 Å². The summed E-state index contributed by atoms with van der Waals surface area (Å²) in [5.41, 5.74) is 2.87. The molecule has 1 aromatic carbocycles. The second-order valence-corrected chi connectivity index (χ2v) is 4.90. The lowest BCUT2D eigenvalue weighted by molar-refractivity contribution is -0.142. The number of methoxy groups -OCH3 is 1. The lowest BCUT2D eigenvalue weighted by atomic mass is 9.99. The second kappa shape index (κ2) is 5.40. The van der Waals surface area contributed by atoms with Crippen molar-refractivity contribution in [2.24, 2.45) is 0 Å². The van der Waals surface area contributed by atoms with Gasteiger partial charge in [0.1, 0.15) is 0 Å². The number of benzene rings is 1. The number of hydrogen-bond acceptors (Lipinski definition) is 4. The van der Waals surface area contributed by atoms with Crippen LogP contribution in [0.3, 0.4) is 0 Å². The summed E-state index contributed by atoms with van der Waals surface area (Å²) in [5, 5.41) is 2.80. The number of rotatable bonds is 4. The molecular formula is C14H18N2O3. The molecule has 0 saturated heterocycles.